The zero-order chi connectivity index (χ0) is 16.5. The minimum Gasteiger partial charge on any atom is -0.390 e. The molecule has 0 aromatic rings. The monoisotopic (exact) mass is 318 g/mol. The first kappa shape index (κ1) is 16.1. The number of carbonyl (C=O) groups excluding carboxylic acids is 1. The molecule has 4 fully saturated rings. The molecule has 8 unspecified atom stereocenters. The molecule has 0 bridgehead atoms. The Balaban J connectivity index is 1.61. The van der Waals surface area contributed by atoms with Crippen molar-refractivity contribution in [3.05, 3.63) is 0 Å². The van der Waals surface area contributed by atoms with Crippen molar-refractivity contribution in [1.29, 1.82) is 0 Å². The molecule has 130 valence electrons. The molecule has 0 amide bonds. The number of carbonyl (C=O) groups is 1. The normalized spacial score (nSPS) is 58.9. The average Bonchev–Trinajstić information content (AvgIpc) is 2.84. The summed E-state index contributed by atoms with van der Waals surface area (Å²) < 4.78 is 0. The smallest absolute Gasteiger partial charge is 0.123 e. The lowest BCUT2D eigenvalue weighted by atomic mass is 9.44. The highest BCUT2D eigenvalue weighted by Crippen LogP contribution is 2.67. The van der Waals surface area contributed by atoms with Crippen LogP contribution >= 0.6 is 0 Å². The largest absolute Gasteiger partial charge is 0.390 e. The van der Waals surface area contributed by atoms with Crippen LogP contribution < -0.4 is 0 Å². The fraction of sp³-hybridized carbons (Fsp3) is 0.952. The lowest BCUT2D eigenvalue weighted by molar-refractivity contribution is -0.147. The first-order valence-electron chi connectivity index (χ1n) is 9.98. The van der Waals surface area contributed by atoms with Crippen LogP contribution in [-0.2, 0) is 4.79 Å². The highest BCUT2D eigenvalue weighted by Gasteiger charge is 2.60. The van der Waals surface area contributed by atoms with E-state index in [9.17, 15) is 9.90 Å². The minimum atomic E-state index is -0.434. The molecule has 8 atom stereocenters. The van der Waals surface area contributed by atoms with Crippen molar-refractivity contribution >= 4 is 6.29 Å². The molecule has 0 heterocycles. The van der Waals surface area contributed by atoms with Crippen LogP contribution in [0.1, 0.15) is 78.6 Å². The second-order valence-electron chi connectivity index (χ2n) is 10.2. The summed E-state index contributed by atoms with van der Waals surface area (Å²) in [5, 5.41) is 10.5. The lowest BCUT2D eigenvalue weighted by Gasteiger charge is -2.61. The Labute approximate surface area is 141 Å². The fourth-order valence-corrected chi connectivity index (χ4v) is 7.70. The topological polar surface area (TPSA) is 37.3 Å². The predicted molar refractivity (Wildman–Crippen MR) is 91.9 cm³/mol. The van der Waals surface area contributed by atoms with Gasteiger partial charge in [-0.3, -0.25) is 0 Å². The molecule has 1 N–H and O–H groups in total. The van der Waals surface area contributed by atoms with Gasteiger partial charge in [0.15, 0.2) is 0 Å². The lowest BCUT2D eigenvalue weighted by Crippen LogP contribution is -2.55. The van der Waals surface area contributed by atoms with Crippen LogP contribution in [0.4, 0.5) is 0 Å². The maximum Gasteiger partial charge on any atom is 0.123 e. The Morgan fingerprint density at radius 1 is 0.870 bits per heavy atom. The molecule has 4 saturated carbocycles. The van der Waals surface area contributed by atoms with E-state index in [-0.39, 0.29) is 5.41 Å². The molecular weight excluding hydrogens is 284 g/mol. The summed E-state index contributed by atoms with van der Waals surface area (Å²) in [4.78, 5) is 11.6. The molecule has 23 heavy (non-hydrogen) atoms. The molecule has 0 saturated heterocycles. The molecule has 4 rings (SSSR count). The molecule has 0 radical (unpaired) electrons. The Bertz CT molecular complexity index is 498. The average molecular weight is 319 g/mol. The molecule has 0 aliphatic heterocycles. The number of aliphatic hydroxyl groups is 1. The summed E-state index contributed by atoms with van der Waals surface area (Å²) >= 11 is 0. The molecule has 2 heteroatoms. The maximum absolute atomic E-state index is 11.6. The highest BCUT2D eigenvalue weighted by atomic mass is 16.3. The van der Waals surface area contributed by atoms with E-state index in [0.29, 0.717) is 17.3 Å². The zero-order valence-corrected chi connectivity index (χ0v) is 15.2. The second kappa shape index (κ2) is 5.07. The molecule has 0 spiro atoms. The van der Waals surface area contributed by atoms with Crippen LogP contribution in [0.15, 0.2) is 0 Å². The third kappa shape index (κ3) is 2.19. The standard InChI is InChI=1S/C21H34O2/c1-19(23)10-11-21(3)14(12-19)4-6-16-17-7-5-15(13-22)20(17,2)9-8-18(16)21/h13-18,23H,4-12H2,1-3H3. The Morgan fingerprint density at radius 2 is 1.61 bits per heavy atom. The van der Waals surface area contributed by atoms with Gasteiger partial charge in [0.25, 0.3) is 0 Å². The minimum absolute atomic E-state index is 0.284. The van der Waals surface area contributed by atoms with Gasteiger partial charge < -0.3 is 9.90 Å². The van der Waals surface area contributed by atoms with E-state index in [0.717, 1.165) is 37.0 Å². The van der Waals surface area contributed by atoms with Gasteiger partial charge in [-0.15, -0.1) is 0 Å². The van der Waals surface area contributed by atoms with Crippen LogP contribution in [0.2, 0.25) is 0 Å². The highest BCUT2D eigenvalue weighted by molar-refractivity contribution is 5.56. The van der Waals surface area contributed by atoms with E-state index >= 15 is 0 Å². The first-order valence-corrected chi connectivity index (χ1v) is 9.98. The van der Waals surface area contributed by atoms with Crippen molar-refractivity contribution in [3.63, 3.8) is 0 Å². The van der Waals surface area contributed by atoms with Gasteiger partial charge in [-0.05, 0) is 99.2 Å². The van der Waals surface area contributed by atoms with Gasteiger partial charge in [0.05, 0.1) is 5.60 Å². The molecule has 2 nitrogen and oxygen atoms in total. The number of hydrogen-bond acceptors (Lipinski definition) is 2. The van der Waals surface area contributed by atoms with E-state index < -0.39 is 5.60 Å². The van der Waals surface area contributed by atoms with Crippen LogP contribution in [0, 0.1) is 40.4 Å². The van der Waals surface area contributed by atoms with Crippen LogP contribution in [0.3, 0.4) is 0 Å². The summed E-state index contributed by atoms with van der Waals surface area (Å²) in [5.74, 6) is 3.46. The summed E-state index contributed by atoms with van der Waals surface area (Å²) in [6, 6.07) is 0. The van der Waals surface area contributed by atoms with Gasteiger partial charge in [-0.2, -0.15) is 0 Å². The van der Waals surface area contributed by atoms with Crippen molar-refractivity contribution < 1.29 is 9.90 Å². The molecule has 0 aromatic carbocycles. The van der Waals surface area contributed by atoms with Crippen molar-refractivity contribution in [3.8, 4) is 0 Å². The van der Waals surface area contributed by atoms with E-state index in [1.807, 2.05) is 6.92 Å². The van der Waals surface area contributed by atoms with Crippen molar-refractivity contribution in [1.82, 2.24) is 0 Å². The van der Waals surface area contributed by atoms with Gasteiger partial charge >= 0.3 is 0 Å². The molecular formula is C21H34O2. The number of fused-ring (bicyclic) bond motifs is 5. The zero-order valence-electron chi connectivity index (χ0n) is 15.2. The summed E-state index contributed by atoms with van der Waals surface area (Å²) in [7, 11) is 0. The Kier molecular flexibility index (Phi) is 3.55. The Morgan fingerprint density at radius 3 is 2.35 bits per heavy atom. The van der Waals surface area contributed by atoms with E-state index in [2.05, 4.69) is 13.8 Å². The Hall–Kier alpha value is -0.370. The molecule has 4 aliphatic carbocycles. The summed E-state index contributed by atoms with van der Waals surface area (Å²) in [6.07, 6.45) is 12.1. The van der Waals surface area contributed by atoms with Crippen molar-refractivity contribution in [2.75, 3.05) is 0 Å². The van der Waals surface area contributed by atoms with E-state index in [4.69, 9.17) is 0 Å². The second-order valence-corrected chi connectivity index (χ2v) is 10.2. The van der Waals surface area contributed by atoms with Crippen molar-refractivity contribution in [2.24, 2.45) is 40.4 Å². The van der Waals surface area contributed by atoms with E-state index in [1.165, 1.54) is 44.8 Å². The van der Waals surface area contributed by atoms with Crippen LogP contribution in [0.25, 0.3) is 0 Å². The third-order valence-electron chi connectivity index (χ3n) is 9.19. The van der Waals surface area contributed by atoms with Gasteiger partial charge in [-0.25, -0.2) is 0 Å². The quantitative estimate of drug-likeness (QED) is 0.718. The van der Waals surface area contributed by atoms with Crippen LogP contribution in [0.5, 0.6) is 0 Å². The number of hydrogen-bond donors (Lipinski definition) is 1. The van der Waals surface area contributed by atoms with Gasteiger partial charge in [0.1, 0.15) is 6.29 Å². The van der Waals surface area contributed by atoms with Crippen LogP contribution in [-0.4, -0.2) is 17.0 Å². The SMILES string of the molecule is CC1(O)CCC2(C)C(CCC3C4CCC(C=O)C4(C)CCC32)C1. The van der Waals surface area contributed by atoms with Gasteiger partial charge in [0.2, 0.25) is 0 Å². The van der Waals surface area contributed by atoms with E-state index in [1.54, 1.807) is 0 Å². The first-order chi connectivity index (χ1) is 10.8. The number of aldehydes is 1. The predicted octanol–water partition coefficient (Wildman–Crippen LogP) is 4.60. The fourth-order valence-electron chi connectivity index (χ4n) is 7.70. The summed E-state index contributed by atoms with van der Waals surface area (Å²) in [5.41, 5.74) is 0.286. The number of rotatable bonds is 1. The molecule has 4 aliphatic rings. The van der Waals surface area contributed by atoms with Gasteiger partial charge in [0, 0.05) is 5.92 Å². The summed E-state index contributed by atoms with van der Waals surface area (Å²) in [6.45, 7) is 7.00. The third-order valence-corrected chi connectivity index (χ3v) is 9.19. The van der Waals surface area contributed by atoms with Gasteiger partial charge in [-0.1, -0.05) is 13.8 Å². The molecule has 0 aromatic heterocycles. The maximum atomic E-state index is 11.6. The van der Waals surface area contributed by atoms with Crippen molar-refractivity contribution in [2.45, 2.75) is 84.2 Å².